The number of aromatic nitrogens is 2. The van der Waals surface area contributed by atoms with E-state index in [0.717, 1.165) is 30.2 Å². The minimum absolute atomic E-state index is 0. The average Bonchev–Trinajstić information content (AvgIpc) is 3.03. The molecule has 2 aromatic rings. The normalized spacial score (nSPS) is 18.5. The van der Waals surface area contributed by atoms with Crippen molar-refractivity contribution in [3.63, 3.8) is 0 Å². The summed E-state index contributed by atoms with van der Waals surface area (Å²) < 4.78 is 28.7. The van der Waals surface area contributed by atoms with Gasteiger partial charge in [0.1, 0.15) is 4.90 Å². The summed E-state index contributed by atoms with van der Waals surface area (Å²) in [6.45, 7) is 3.44. The summed E-state index contributed by atoms with van der Waals surface area (Å²) in [4.78, 5) is 2.43. The molecule has 1 aliphatic rings. The molecule has 1 aliphatic heterocycles. The lowest BCUT2D eigenvalue weighted by atomic mass is 10.0. The van der Waals surface area contributed by atoms with E-state index in [9.17, 15) is 8.42 Å². The molecule has 2 heterocycles. The van der Waals surface area contributed by atoms with E-state index < -0.39 is 10.0 Å². The highest BCUT2D eigenvalue weighted by atomic mass is 35.5. The lowest BCUT2D eigenvalue weighted by molar-refractivity contribution is 0.165. The van der Waals surface area contributed by atoms with Crippen LogP contribution in [0.15, 0.2) is 41.6 Å². The molecule has 0 amide bonds. The van der Waals surface area contributed by atoms with Gasteiger partial charge in [0.15, 0.2) is 0 Å². The van der Waals surface area contributed by atoms with Crippen LogP contribution in [0.4, 0.5) is 0 Å². The van der Waals surface area contributed by atoms with Crippen molar-refractivity contribution in [1.29, 1.82) is 0 Å². The number of rotatable bonds is 6. The Balaban J connectivity index is 0.00000243. The molecule has 0 spiro atoms. The van der Waals surface area contributed by atoms with Gasteiger partial charge in [0.25, 0.3) is 0 Å². The van der Waals surface area contributed by atoms with Crippen LogP contribution in [0.1, 0.15) is 11.6 Å². The van der Waals surface area contributed by atoms with Gasteiger partial charge in [-0.05, 0) is 11.6 Å². The standard InChI is InChI=1S/C16H22ClN5O2S.ClH/c1-21-12-13(10-19-21)25(23,24)20-7-9-22-8-6-18-11-16(22)14-4-2-3-5-15(14)17;/h2-5,10,12,16,18,20H,6-9,11H2,1H3;1H. The first-order chi connectivity index (χ1) is 12.0. The van der Waals surface area contributed by atoms with Gasteiger partial charge in [-0.3, -0.25) is 9.58 Å². The van der Waals surface area contributed by atoms with E-state index in [1.807, 2.05) is 24.3 Å². The van der Waals surface area contributed by atoms with Gasteiger partial charge in [-0.15, -0.1) is 12.4 Å². The number of nitrogens with one attached hydrogen (secondary N) is 2. The zero-order chi connectivity index (χ0) is 17.9. The predicted molar refractivity (Wildman–Crippen MR) is 104 cm³/mol. The molecule has 1 aromatic carbocycles. The first-order valence-electron chi connectivity index (χ1n) is 8.15. The molecule has 1 unspecified atom stereocenters. The van der Waals surface area contributed by atoms with Crippen LogP contribution >= 0.6 is 24.0 Å². The van der Waals surface area contributed by atoms with E-state index >= 15 is 0 Å². The Morgan fingerprint density at radius 2 is 2.15 bits per heavy atom. The second-order valence-corrected chi connectivity index (χ2v) is 8.20. The first kappa shape index (κ1) is 21.1. The van der Waals surface area contributed by atoms with Crippen LogP contribution in [0.5, 0.6) is 0 Å². The topological polar surface area (TPSA) is 79.3 Å². The van der Waals surface area contributed by atoms with Gasteiger partial charge in [-0.25, -0.2) is 13.1 Å². The minimum Gasteiger partial charge on any atom is -0.314 e. The van der Waals surface area contributed by atoms with Crippen molar-refractivity contribution in [1.82, 2.24) is 24.7 Å². The van der Waals surface area contributed by atoms with Crippen molar-refractivity contribution in [3.05, 3.63) is 47.2 Å². The van der Waals surface area contributed by atoms with Gasteiger partial charge in [0.05, 0.1) is 6.20 Å². The molecule has 0 aliphatic carbocycles. The second-order valence-electron chi connectivity index (χ2n) is 6.02. The molecule has 10 heteroatoms. The SMILES string of the molecule is Cl.Cn1cc(S(=O)(=O)NCCN2CCNCC2c2ccccc2Cl)cn1. The quantitative estimate of drug-likeness (QED) is 0.739. The number of nitrogens with zero attached hydrogens (tertiary/aromatic N) is 3. The minimum atomic E-state index is -3.53. The molecular formula is C16H23Cl2N5O2S. The highest BCUT2D eigenvalue weighted by molar-refractivity contribution is 7.89. The van der Waals surface area contributed by atoms with Crippen molar-refractivity contribution in [2.75, 3.05) is 32.7 Å². The Morgan fingerprint density at radius 3 is 2.85 bits per heavy atom. The Kier molecular flexibility index (Phi) is 7.45. The zero-order valence-electron chi connectivity index (χ0n) is 14.4. The molecule has 1 fully saturated rings. The number of sulfonamides is 1. The fourth-order valence-electron chi connectivity index (χ4n) is 3.01. The molecule has 0 bridgehead atoms. The van der Waals surface area contributed by atoms with E-state index in [2.05, 4.69) is 20.0 Å². The monoisotopic (exact) mass is 419 g/mol. The zero-order valence-corrected chi connectivity index (χ0v) is 16.8. The lowest BCUT2D eigenvalue weighted by Gasteiger charge is -2.36. The Morgan fingerprint density at radius 1 is 1.38 bits per heavy atom. The van der Waals surface area contributed by atoms with Crippen LogP contribution in [0.3, 0.4) is 0 Å². The van der Waals surface area contributed by atoms with Crippen molar-refractivity contribution in [2.45, 2.75) is 10.9 Å². The largest absolute Gasteiger partial charge is 0.314 e. The van der Waals surface area contributed by atoms with Crippen molar-refractivity contribution >= 4 is 34.0 Å². The molecule has 2 N–H and O–H groups in total. The second kappa shape index (κ2) is 9.16. The summed E-state index contributed by atoms with van der Waals surface area (Å²) >= 11 is 6.34. The predicted octanol–water partition coefficient (Wildman–Crippen LogP) is 1.42. The molecule has 0 radical (unpaired) electrons. The maximum absolute atomic E-state index is 12.3. The molecule has 0 saturated carbocycles. The van der Waals surface area contributed by atoms with E-state index in [0.29, 0.717) is 13.1 Å². The van der Waals surface area contributed by atoms with Gasteiger partial charge in [-0.1, -0.05) is 29.8 Å². The van der Waals surface area contributed by atoms with Crippen LogP contribution in [-0.4, -0.2) is 55.8 Å². The summed E-state index contributed by atoms with van der Waals surface area (Å²) in [5.41, 5.74) is 1.06. The summed E-state index contributed by atoms with van der Waals surface area (Å²) in [6.07, 6.45) is 2.83. The third-order valence-electron chi connectivity index (χ3n) is 4.30. The van der Waals surface area contributed by atoms with E-state index in [-0.39, 0.29) is 23.3 Å². The average molecular weight is 420 g/mol. The van der Waals surface area contributed by atoms with Crippen molar-refractivity contribution < 1.29 is 8.42 Å². The van der Waals surface area contributed by atoms with Crippen LogP contribution in [-0.2, 0) is 17.1 Å². The number of hydrogen-bond donors (Lipinski definition) is 2. The number of benzene rings is 1. The van der Waals surface area contributed by atoms with Crippen LogP contribution < -0.4 is 10.0 Å². The highest BCUT2D eigenvalue weighted by Gasteiger charge is 2.25. The number of piperazine rings is 1. The third kappa shape index (κ3) is 4.97. The van der Waals surface area contributed by atoms with Gasteiger partial charge in [0.2, 0.25) is 10.0 Å². The Bertz CT molecular complexity index is 828. The number of hydrogen-bond acceptors (Lipinski definition) is 5. The first-order valence-corrected chi connectivity index (χ1v) is 10.0. The molecule has 26 heavy (non-hydrogen) atoms. The smallest absolute Gasteiger partial charge is 0.243 e. The van der Waals surface area contributed by atoms with Crippen molar-refractivity contribution in [2.24, 2.45) is 7.05 Å². The van der Waals surface area contributed by atoms with Gasteiger partial charge in [-0.2, -0.15) is 5.10 Å². The van der Waals surface area contributed by atoms with Crippen LogP contribution in [0, 0.1) is 0 Å². The van der Waals surface area contributed by atoms with E-state index in [1.165, 1.54) is 17.1 Å². The Labute approximate surface area is 165 Å². The third-order valence-corrected chi connectivity index (χ3v) is 6.06. The summed E-state index contributed by atoms with van der Waals surface area (Å²) in [5.74, 6) is 0. The fourth-order valence-corrected chi connectivity index (χ4v) is 4.28. The van der Waals surface area contributed by atoms with Crippen molar-refractivity contribution in [3.8, 4) is 0 Å². The highest BCUT2D eigenvalue weighted by Crippen LogP contribution is 2.28. The van der Waals surface area contributed by atoms with Gasteiger partial charge >= 0.3 is 0 Å². The molecule has 7 nitrogen and oxygen atoms in total. The maximum atomic E-state index is 12.3. The lowest BCUT2D eigenvalue weighted by Crippen LogP contribution is -2.48. The van der Waals surface area contributed by atoms with Crippen LogP contribution in [0.25, 0.3) is 0 Å². The summed E-state index contributed by atoms with van der Waals surface area (Å²) in [6, 6.07) is 7.92. The molecule has 144 valence electrons. The maximum Gasteiger partial charge on any atom is 0.243 e. The van der Waals surface area contributed by atoms with E-state index in [1.54, 1.807) is 7.05 Å². The van der Waals surface area contributed by atoms with Gasteiger partial charge < -0.3 is 5.32 Å². The molecule has 1 saturated heterocycles. The number of aryl methyl sites for hydroxylation is 1. The van der Waals surface area contributed by atoms with Gasteiger partial charge in [0, 0.05) is 57.0 Å². The molecule has 1 atom stereocenters. The summed E-state index contributed by atoms with van der Waals surface area (Å²) in [7, 11) is -1.84. The number of halogens is 2. The van der Waals surface area contributed by atoms with Crippen LogP contribution in [0.2, 0.25) is 5.02 Å². The molecule has 3 rings (SSSR count). The summed E-state index contributed by atoms with van der Waals surface area (Å²) in [5, 5.41) is 8.02. The Hall–Kier alpha value is -1.16. The fraction of sp³-hybridized carbons (Fsp3) is 0.438. The van der Waals surface area contributed by atoms with E-state index in [4.69, 9.17) is 11.6 Å². The molecule has 1 aromatic heterocycles. The molecular weight excluding hydrogens is 397 g/mol.